The van der Waals surface area contributed by atoms with Crippen LogP contribution in [0.15, 0.2) is 5.16 Å². The summed E-state index contributed by atoms with van der Waals surface area (Å²) in [5, 5.41) is 15.1. The molecule has 0 amide bonds. The Kier molecular flexibility index (Phi) is 3.11. The second-order valence-electron chi connectivity index (χ2n) is 4.37. The fourth-order valence-electron chi connectivity index (χ4n) is 2.55. The van der Waals surface area contributed by atoms with Gasteiger partial charge in [-0.1, -0.05) is 12.1 Å². The highest BCUT2D eigenvalue weighted by molar-refractivity contribution is 5.85. The third-order valence-electron chi connectivity index (χ3n) is 3.40. The molecule has 0 aromatic rings. The summed E-state index contributed by atoms with van der Waals surface area (Å²) < 4.78 is 5.74. The van der Waals surface area contributed by atoms with Crippen LogP contribution in [-0.2, 0) is 4.74 Å². The van der Waals surface area contributed by atoms with Gasteiger partial charge in [-0.2, -0.15) is 0 Å². The molecule has 2 fully saturated rings. The average molecular weight is 213 g/mol. The van der Waals surface area contributed by atoms with Crippen molar-refractivity contribution >= 4 is 5.84 Å². The monoisotopic (exact) mass is 213 g/mol. The number of rotatable bonds is 4. The van der Waals surface area contributed by atoms with E-state index in [1.807, 2.05) is 6.92 Å². The van der Waals surface area contributed by atoms with Crippen LogP contribution in [0.1, 0.15) is 32.6 Å². The van der Waals surface area contributed by atoms with Crippen LogP contribution in [0.3, 0.4) is 0 Å². The predicted molar refractivity (Wildman–Crippen MR) is 56.9 cm³/mol. The summed E-state index contributed by atoms with van der Waals surface area (Å²) >= 11 is 0. The summed E-state index contributed by atoms with van der Waals surface area (Å²) in [6.45, 7) is 2.02. The van der Waals surface area contributed by atoms with Gasteiger partial charge in [0.15, 0.2) is 5.84 Å². The van der Waals surface area contributed by atoms with Crippen LogP contribution in [0, 0.1) is 0 Å². The number of hydrogen-bond donors (Lipinski definition) is 3. The molecule has 2 saturated heterocycles. The first-order valence-electron chi connectivity index (χ1n) is 5.63. The Hall–Kier alpha value is -0.810. The van der Waals surface area contributed by atoms with Crippen molar-refractivity contribution in [2.24, 2.45) is 10.9 Å². The van der Waals surface area contributed by atoms with Crippen LogP contribution in [0.2, 0.25) is 0 Å². The van der Waals surface area contributed by atoms with Gasteiger partial charge >= 0.3 is 0 Å². The SMILES string of the molecule is CCC(NC1CC2CCC1O2)C(N)=NO. The molecule has 0 aliphatic carbocycles. The maximum absolute atomic E-state index is 8.63. The zero-order chi connectivity index (χ0) is 10.8. The highest BCUT2D eigenvalue weighted by Gasteiger charge is 2.41. The van der Waals surface area contributed by atoms with Crippen LogP contribution in [0.5, 0.6) is 0 Å². The highest BCUT2D eigenvalue weighted by atomic mass is 16.5. The number of nitrogens with zero attached hydrogens (tertiary/aromatic N) is 1. The van der Waals surface area contributed by atoms with Crippen molar-refractivity contribution < 1.29 is 9.94 Å². The van der Waals surface area contributed by atoms with Gasteiger partial charge in [-0.15, -0.1) is 0 Å². The van der Waals surface area contributed by atoms with Crippen LogP contribution < -0.4 is 11.1 Å². The van der Waals surface area contributed by atoms with E-state index in [1.165, 1.54) is 6.42 Å². The number of amidine groups is 1. The van der Waals surface area contributed by atoms with Crippen molar-refractivity contribution in [3.63, 3.8) is 0 Å². The van der Waals surface area contributed by atoms with E-state index in [0.29, 0.717) is 18.2 Å². The van der Waals surface area contributed by atoms with Crippen molar-refractivity contribution in [2.45, 2.75) is 56.9 Å². The number of hydrogen-bond acceptors (Lipinski definition) is 4. The largest absolute Gasteiger partial charge is 0.409 e. The molecule has 2 heterocycles. The van der Waals surface area contributed by atoms with Crippen LogP contribution in [0.25, 0.3) is 0 Å². The molecule has 15 heavy (non-hydrogen) atoms. The molecule has 0 spiro atoms. The van der Waals surface area contributed by atoms with Crippen molar-refractivity contribution in [3.05, 3.63) is 0 Å². The molecule has 2 rings (SSSR count). The fraction of sp³-hybridized carbons (Fsp3) is 0.900. The highest BCUT2D eigenvalue weighted by Crippen LogP contribution is 2.34. The van der Waals surface area contributed by atoms with E-state index < -0.39 is 0 Å². The predicted octanol–water partition coefficient (Wildman–Crippen LogP) is 0.421. The van der Waals surface area contributed by atoms with Crippen LogP contribution >= 0.6 is 0 Å². The number of nitrogens with one attached hydrogen (secondary N) is 1. The van der Waals surface area contributed by atoms with E-state index >= 15 is 0 Å². The van der Waals surface area contributed by atoms with Gasteiger partial charge < -0.3 is 21.0 Å². The van der Waals surface area contributed by atoms with E-state index in [-0.39, 0.29) is 11.9 Å². The minimum absolute atomic E-state index is 0.0389. The zero-order valence-electron chi connectivity index (χ0n) is 9.02. The van der Waals surface area contributed by atoms with Gasteiger partial charge in [0.1, 0.15) is 0 Å². The molecular weight excluding hydrogens is 194 g/mol. The normalized spacial score (nSPS) is 37.1. The van der Waals surface area contributed by atoms with E-state index in [9.17, 15) is 0 Å². The Bertz CT molecular complexity index is 257. The maximum atomic E-state index is 8.63. The lowest BCUT2D eigenvalue weighted by Gasteiger charge is -2.25. The number of fused-ring (bicyclic) bond motifs is 2. The van der Waals surface area contributed by atoms with Gasteiger partial charge in [0.05, 0.1) is 18.2 Å². The summed E-state index contributed by atoms with van der Waals surface area (Å²) in [7, 11) is 0. The first-order valence-corrected chi connectivity index (χ1v) is 5.63. The van der Waals surface area contributed by atoms with Gasteiger partial charge in [-0.05, 0) is 25.7 Å². The van der Waals surface area contributed by atoms with E-state index in [0.717, 1.165) is 19.3 Å². The van der Waals surface area contributed by atoms with Gasteiger partial charge in [-0.3, -0.25) is 0 Å². The van der Waals surface area contributed by atoms with Crippen molar-refractivity contribution in [1.29, 1.82) is 0 Å². The van der Waals surface area contributed by atoms with Crippen molar-refractivity contribution in [2.75, 3.05) is 0 Å². The van der Waals surface area contributed by atoms with Gasteiger partial charge in [0, 0.05) is 6.04 Å². The van der Waals surface area contributed by atoms with Crippen molar-refractivity contribution in [1.82, 2.24) is 5.32 Å². The maximum Gasteiger partial charge on any atom is 0.156 e. The quantitative estimate of drug-likeness (QED) is 0.274. The molecule has 4 unspecified atom stereocenters. The van der Waals surface area contributed by atoms with E-state index in [2.05, 4.69) is 10.5 Å². The minimum Gasteiger partial charge on any atom is -0.409 e. The molecule has 5 nitrogen and oxygen atoms in total. The van der Waals surface area contributed by atoms with Crippen molar-refractivity contribution in [3.8, 4) is 0 Å². The molecule has 0 saturated carbocycles. The first-order chi connectivity index (χ1) is 7.24. The van der Waals surface area contributed by atoms with E-state index in [4.69, 9.17) is 15.7 Å². The number of ether oxygens (including phenoxy) is 1. The van der Waals surface area contributed by atoms with E-state index in [1.54, 1.807) is 0 Å². The number of nitrogens with two attached hydrogens (primary N) is 1. The average Bonchev–Trinajstić information content (AvgIpc) is 2.86. The third kappa shape index (κ3) is 2.08. The molecule has 4 atom stereocenters. The smallest absolute Gasteiger partial charge is 0.156 e. The molecular formula is C10H19N3O2. The molecule has 2 aliphatic heterocycles. The Labute approximate surface area is 89.7 Å². The molecule has 2 aliphatic rings. The lowest BCUT2D eigenvalue weighted by Crippen LogP contribution is -2.49. The van der Waals surface area contributed by atoms with Gasteiger partial charge in [0.2, 0.25) is 0 Å². The summed E-state index contributed by atoms with van der Waals surface area (Å²) in [4.78, 5) is 0. The van der Waals surface area contributed by atoms with Gasteiger partial charge in [-0.25, -0.2) is 0 Å². The third-order valence-corrected chi connectivity index (χ3v) is 3.40. The lowest BCUT2D eigenvalue weighted by atomic mass is 9.94. The van der Waals surface area contributed by atoms with Crippen LogP contribution in [0.4, 0.5) is 0 Å². The lowest BCUT2D eigenvalue weighted by molar-refractivity contribution is 0.0968. The molecule has 0 radical (unpaired) electrons. The Balaban J connectivity index is 1.90. The van der Waals surface area contributed by atoms with Crippen LogP contribution in [-0.4, -0.2) is 35.3 Å². The summed E-state index contributed by atoms with van der Waals surface area (Å²) in [5.74, 6) is 0.264. The molecule has 2 bridgehead atoms. The molecule has 4 N–H and O–H groups in total. The fourth-order valence-corrected chi connectivity index (χ4v) is 2.55. The molecule has 0 aromatic heterocycles. The summed E-state index contributed by atoms with van der Waals surface area (Å²) in [5.41, 5.74) is 5.60. The molecule has 0 aromatic carbocycles. The minimum atomic E-state index is -0.0389. The summed E-state index contributed by atoms with van der Waals surface area (Å²) in [6.07, 6.45) is 4.95. The Morgan fingerprint density at radius 1 is 1.67 bits per heavy atom. The Morgan fingerprint density at radius 2 is 2.47 bits per heavy atom. The second-order valence-corrected chi connectivity index (χ2v) is 4.37. The second kappa shape index (κ2) is 4.37. The Morgan fingerprint density at radius 3 is 2.93 bits per heavy atom. The first kappa shape index (κ1) is 10.7. The summed E-state index contributed by atoms with van der Waals surface area (Å²) in [6, 6.07) is 0.331. The molecule has 5 heteroatoms. The topological polar surface area (TPSA) is 79.9 Å². The number of oxime groups is 1. The zero-order valence-corrected chi connectivity index (χ0v) is 9.02. The van der Waals surface area contributed by atoms with Gasteiger partial charge in [0.25, 0.3) is 0 Å². The standard InChI is InChI=1S/C10H19N3O2/c1-2-7(10(11)13-14)12-8-5-6-3-4-9(8)15-6/h6-9,12,14H,2-5H2,1H3,(H2,11,13). The molecule has 86 valence electrons.